The molecule has 0 spiro atoms. The molecule has 1 aliphatic rings. The van der Waals surface area contributed by atoms with Crippen molar-refractivity contribution in [1.29, 1.82) is 0 Å². The normalized spacial score (nSPS) is 28.6. The van der Waals surface area contributed by atoms with Gasteiger partial charge in [0, 0.05) is 6.42 Å². The molecule has 0 aromatic rings. The van der Waals surface area contributed by atoms with Crippen molar-refractivity contribution in [2.75, 3.05) is 0 Å². The van der Waals surface area contributed by atoms with Gasteiger partial charge in [0.15, 0.2) is 0 Å². The molecule has 44 valence electrons. The van der Waals surface area contributed by atoms with Gasteiger partial charge in [-0.15, -0.1) is 0 Å². The molecule has 0 unspecified atom stereocenters. The third-order valence-corrected chi connectivity index (χ3v) is 1.33. The largest absolute Gasteiger partial charge is 0.242 e. The fraction of sp³-hybridized carbons (Fsp3) is 0.429. The lowest BCUT2D eigenvalue weighted by Gasteiger charge is -2.10. The smallest absolute Gasteiger partial charge is 0.125 e. The Kier molecular flexibility index (Phi) is 1.47. The van der Waals surface area contributed by atoms with Crippen molar-refractivity contribution in [3.8, 4) is 0 Å². The molecule has 0 aromatic heterocycles. The van der Waals surface area contributed by atoms with Crippen LogP contribution in [-0.2, 0) is 0 Å². The summed E-state index contributed by atoms with van der Waals surface area (Å²) in [7, 11) is 0. The summed E-state index contributed by atoms with van der Waals surface area (Å²) in [6.45, 7) is 3.57. The molecule has 0 radical (unpaired) electrons. The Morgan fingerprint density at radius 3 is 2.75 bits per heavy atom. The molecule has 0 heterocycles. The summed E-state index contributed by atoms with van der Waals surface area (Å²) in [6, 6.07) is 0. The van der Waals surface area contributed by atoms with Crippen molar-refractivity contribution in [2.45, 2.75) is 19.0 Å². The van der Waals surface area contributed by atoms with Crippen LogP contribution in [0.2, 0.25) is 0 Å². The van der Waals surface area contributed by atoms with Crippen LogP contribution in [0.3, 0.4) is 0 Å². The second-order valence-corrected chi connectivity index (χ2v) is 2.04. The number of halogens is 1. The maximum Gasteiger partial charge on any atom is 0.125 e. The lowest BCUT2D eigenvalue weighted by molar-refractivity contribution is 0.376. The van der Waals surface area contributed by atoms with Crippen LogP contribution in [0.4, 0.5) is 4.39 Å². The predicted molar refractivity (Wildman–Crippen MR) is 32.4 cm³/mol. The number of hydrogen-bond donors (Lipinski definition) is 0. The summed E-state index contributed by atoms with van der Waals surface area (Å²) in [6.07, 6.45) is 4.29. The van der Waals surface area contributed by atoms with Crippen molar-refractivity contribution >= 4 is 0 Å². The highest BCUT2D eigenvalue weighted by Gasteiger charge is 2.10. The molecule has 8 heavy (non-hydrogen) atoms. The van der Waals surface area contributed by atoms with E-state index in [4.69, 9.17) is 0 Å². The average Bonchev–Trinajstić information content (AvgIpc) is 1.77. The highest BCUT2D eigenvalue weighted by molar-refractivity contribution is 5.14. The number of alkyl halides is 1. The van der Waals surface area contributed by atoms with Gasteiger partial charge in [-0.1, -0.05) is 18.7 Å². The van der Waals surface area contributed by atoms with E-state index in [1.165, 1.54) is 0 Å². The Hall–Kier alpha value is -0.590. The van der Waals surface area contributed by atoms with Crippen molar-refractivity contribution in [2.24, 2.45) is 0 Å². The zero-order valence-electron chi connectivity index (χ0n) is 4.73. The zero-order chi connectivity index (χ0) is 5.98. The molecule has 0 aliphatic heterocycles. The molecule has 0 amide bonds. The Balaban J connectivity index is 2.57. The molecule has 0 aromatic carbocycles. The lowest BCUT2D eigenvalue weighted by atomic mass is 10.0. The lowest BCUT2D eigenvalue weighted by Crippen LogP contribution is -2.04. The van der Waals surface area contributed by atoms with Crippen molar-refractivity contribution in [1.82, 2.24) is 0 Å². The molecular formula is C7H9F. The first-order chi connectivity index (χ1) is 3.80. The van der Waals surface area contributed by atoms with Crippen LogP contribution in [0.25, 0.3) is 0 Å². The fourth-order valence-electron chi connectivity index (χ4n) is 0.745. The van der Waals surface area contributed by atoms with E-state index in [0.717, 1.165) is 6.42 Å². The van der Waals surface area contributed by atoms with Gasteiger partial charge < -0.3 is 0 Å². The summed E-state index contributed by atoms with van der Waals surface area (Å²) < 4.78 is 12.4. The van der Waals surface area contributed by atoms with Gasteiger partial charge in [0.05, 0.1) is 0 Å². The minimum atomic E-state index is -0.778. The Morgan fingerprint density at radius 1 is 1.62 bits per heavy atom. The topological polar surface area (TPSA) is 0 Å². The first-order valence-electron chi connectivity index (χ1n) is 2.77. The summed E-state index contributed by atoms with van der Waals surface area (Å²) >= 11 is 0. The van der Waals surface area contributed by atoms with Gasteiger partial charge in [0.2, 0.25) is 0 Å². The van der Waals surface area contributed by atoms with Crippen molar-refractivity contribution < 1.29 is 4.39 Å². The van der Waals surface area contributed by atoms with E-state index < -0.39 is 6.17 Å². The first kappa shape index (κ1) is 5.54. The van der Waals surface area contributed by atoms with E-state index in [1.807, 2.05) is 12.2 Å². The van der Waals surface area contributed by atoms with E-state index >= 15 is 0 Å². The van der Waals surface area contributed by atoms with Crippen molar-refractivity contribution in [3.05, 3.63) is 24.3 Å². The second kappa shape index (κ2) is 2.12. The molecule has 1 heteroatoms. The highest BCUT2D eigenvalue weighted by Crippen LogP contribution is 2.18. The average molecular weight is 112 g/mol. The van der Waals surface area contributed by atoms with Crippen LogP contribution in [0.1, 0.15) is 12.8 Å². The first-order valence-corrected chi connectivity index (χ1v) is 2.77. The summed E-state index contributed by atoms with van der Waals surface area (Å²) in [5, 5.41) is 0. The third-order valence-electron chi connectivity index (χ3n) is 1.33. The summed E-state index contributed by atoms with van der Waals surface area (Å²) in [5.41, 5.74) is 0.715. The molecule has 0 saturated carbocycles. The number of hydrogen-bond acceptors (Lipinski definition) is 0. The van der Waals surface area contributed by atoms with E-state index in [-0.39, 0.29) is 0 Å². The van der Waals surface area contributed by atoms with Crippen LogP contribution >= 0.6 is 0 Å². The van der Waals surface area contributed by atoms with E-state index in [1.54, 1.807) is 0 Å². The zero-order valence-corrected chi connectivity index (χ0v) is 4.73. The number of rotatable bonds is 0. The maximum atomic E-state index is 12.4. The Bertz CT molecular complexity index is 124. The Morgan fingerprint density at radius 2 is 2.38 bits per heavy atom. The van der Waals surface area contributed by atoms with Crippen LogP contribution in [-0.4, -0.2) is 6.17 Å². The SMILES string of the molecule is C=C1CC=CC[C@H]1F. The Labute approximate surface area is 48.7 Å². The minimum Gasteiger partial charge on any atom is -0.242 e. The van der Waals surface area contributed by atoms with Gasteiger partial charge in [-0.2, -0.15) is 0 Å². The standard InChI is InChI=1S/C7H9F/c1-6-4-2-3-5-7(6)8/h2-3,7H,1,4-5H2/t7-/m1/s1. The fourth-order valence-corrected chi connectivity index (χ4v) is 0.745. The van der Waals surface area contributed by atoms with Crippen LogP contribution < -0.4 is 0 Å². The van der Waals surface area contributed by atoms with Gasteiger partial charge in [-0.05, 0) is 12.0 Å². The minimum absolute atomic E-state index is 0.527. The molecule has 0 saturated heterocycles. The van der Waals surface area contributed by atoms with Gasteiger partial charge in [-0.25, -0.2) is 4.39 Å². The molecule has 0 N–H and O–H groups in total. The number of allylic oxidation sites excluding steroid dienone is 3. The quantitative estimate of drug-likeness (QED) is 0.421. The van der Waals surface area contributed by atoms with Crippen LogP contribution in [0, 0.1) is 0 Å². The molecule has 0 bridgehead atoms. The molecule has 0 nitrogen and oxygen atoms in total. The predicted octanol–water partition coefficient (Wildman–Crippen LogP) is 2.23. The van der Waals surface area contributed by atoms with E-state index in [9.17, 15) is 4.39 Å². The van der Waals surface area contributed by atoms with Crippen LogP contribution in [0.5, 0.6) is 0 Å². The van der Waals surface area contributed by atoms with Gasteiger partial charge in [-0.3, -0.25) is 0 Å². The molecule has 1 rings (SSSR count). The van der Waals surface area contributed by atoms with Gasteiger partial charge in [0.1, 0.15) is 6.17 Å². The van der Waals surface area contributed by atoms with Crippen LogP contribution in [0.15, 0.2) is 24.3 Å². The highest BCUT2D eigenvalue weighted by atomic mass is 19.1. The second-order valence-electron chi connectivity index (χ2n) is 2.04. The van der Waals surface area contributed by atoms with E-state index in [2.05, 4.69) is 6.58 Å². The third kappa shape index (κ3) is 0.971. The monoisotopic (exact) mass is 112 g/mol. The van der Waals surface area contributed by atoms with E-state index in [0.29, 0.717) is 12.0 Å². The summed E-state index contributed by atoms with van der Waals surface area (Å²) in [5.74, 6) is 0. The molecule has 1 atom stereocenters. The van der Waals surface area contributed by atoms with Gasteiger partial charge >= 0.3 is 0 Å². The molecule has 0 fully saturated rings. The van der Waals surface area contributed by atoms with Gasteiger partial charge in [0.25, 0.3) is 0 Å². The summed E-state index contributed by atoms with van der Waals surface area (Å²) in [4.78, 5) is 0. The molecular weight excluding hydrogens is 103 g/mol. The molecule has 1 aliphatic carbocycles. The van der Waals surface area contributed by atoms with Crippen molar-refractivity contribution in [3.63, 3.8) is 0 Å². The maximum absolute atomic E-state index is 12.4.